The molecule has 1 aromatic rings. The lowest BCUT2D eigenvalue weighted by Gasteiger charge is -2.35. The van der Waals surface area contributed by atoms with Crippen molar-refractivity contribution in [2.75, 3.05) is 13.2 Å². The summed E-state index contributed by atoms with van der Waals surface area (Å²) in [5, 5.41) is 12.7. The molecule has 1 amide bonds. The number of hydrogen-bond acceptors (Lipinski definition) is 5. The Morgan fingerprint density at radius 3 is 3.19 bits per heavy atom. The molecule has 1 aromatic heterocycles. The summed E-state index contributed by atoms with van der Waals surface area (Å²) in [7, 11) is 0. The summed E-state index contributed by atoms with van der Waals surface area (Å²) in [6.07, 6.45) is 5.34. The monoisotopic (exact) mass is 241 g/mol. The van der Waals surface area contributed by atoms with E-state index in [0.29, 0.717) is 11.3 Å². The molecule has 5 nitrogen and oxygen atoms in total. The van der Waals surface area contributed by atoms with Crippen LogP contribution >= 0.6 is 11.5 Å². The average molecular weight is 241 g/mol. The second-order valence-electron chi connectivity index (χ2n) is 3.94. The van der Waals surface area contributed by atoms with E-state index in [0.717, 1.165) is 37.3 Å². The van der Waals surface area contributed by atoms with E-state index in [1.54, 1.807) is 0 Å². The Bertz CT molecular complexity index is 340. The summed E-state index contributed by atoms with van der Waals surface area (Å²) in [6, 6.07) is 0.174. The Hall–Kier alpha value is -1.01. The molecular formula is C10H15N3O2S. The molecule has 16 heavy (non-hydrogen) atoms. The van der Waals surface area contributed by atoms with Crippen LogP contribution < -0.4 is 0 Å². The van der Waals surface area contributed by atoms with Crippen LogP contribution in [0.4, 0.5) is 0 Å². The Labute approximate surface area is 98.2 Å². The van der Waals surface area contributed by atoms with Gasteiger partial charge in [0.1, 0.15) is 4.88 Å². The number of rotatable bonds is 3. The zero-order valence-corrected chi connectivity index (χ0v) is 9.82. The standard InChI is InChI=1S/C10H15N3O2S/c14-6-4-8-3-1-2-5-13(8)10(15)9-7-11-12-16-9/h7-8,14H,1-6H2. The molecule has 0 saturated carbocycles. The Morgan fingerprint density at radius 2 is 2.50 bits per heavy atom. The minimum absolute atomic E-state index is 0.00755. The van der Waals surface area contributed by atoms with Gasteiger partial charge in [0.2, 0.25) is 0 Å². The maximum absolute atomic E-state index is 12.1. The molecule has 0 aromatic carbocycles. The fourth-order valence-corrected chi connectivity index (χ4v) is 2.59. The fourth-order valence-electron chi connectivity index (χ4n) is 2.12. The summed E-state index contributed by atoms with van der Waals surface area (Å²) >= 11 is 1.13. The average Bonchev–Trinajstić information content (AvgIpc) is 2.83. The van der Waals surface area contributed by atoms with Gasteiger partial charge in [0.25, 0.3) is 5.91 Å². The van der Waals surface area contributed by atoms with Crippen molar-refractivity contribution in [2.24, 2.45) is 0 Å². The number of aliphatic hydroxyl groups excluding tert-OH is 1. The first-order chi connectivity index (χ1) is 7.83. The molecule has 1 aliphatic rings. The van der Waals surface area contributed by atoms with Crippen molar-refractivity contribution in [3.05, 3.63) is 11.1 Å². The summed E-state index contributed by atoms with van der Waals surface area (Å²) in [5.74, 6) is 0.00755. The molecule has 0 radical (unpaired) electrons. The van der Waals surface area contributed by atoms with Crippen LogP contribution in [0.5, 0.6) is 0 Å². The first-order valence-corrected chi connectivity index (χ1v) is 6.29. The fraction of sp³-hybridized carbons (Fsp3) is 0.700. The third-order valence-electron chi connectivity index (χ3n) is 2.92. The van der Waals surface area contributed by atoms with Crippen molar-refractivity contribution in [2.45, 2.75) is 31.7 Å². The Kier molecular flexibility index (Phi) is 3.84. The van der Waals surface area contributed by atoms with E-state index in [1.807, 2.05) is 4.90 Å². The molecule has 1 fully saturated rings. The smallest absolute Gasteiger partial charge is 0.267 e. The van der Waals surface area contributed by atoms with Crippen LogP contribution in [0.15, 0.2) is 6.20 Å². The molecule has 1 atom stereocenters. The van der Waals surface area contributed by atoms with Crippen molar-refractivity contribution in [1.29, 1.82) is 0 Å². The van der Waals surface area contributed by atoms with Gasteiger partial charge in [-0.15, -0.1) is 5.10 Å². The topological polar surface area (TPSA) is 66.3 Å². The lowest BCUT2D eigenvalue weighted by Crippen LogP contribution is -2.43. The number of amides is 1. The molecule has 1 unspecified atom stereocenters. The molecule has 2 rings (SSSR count). The quantitative estimate of drug-likeness (QED) is 0.854. The van der Waals surface area contributed by atoms with Crippen molar-refractivity contribution < 1.29 is 9.90 Å². The SMILES string of the molecule is O=C(c1cnns1)N1CCCCC1CCO. The van der Waals surface area contributed by atoms with Gasteiger partial charge < -0.3 is 10.0 Å². The molecule has 0 aliphatic carbocycles. The Morgan fingerprint density at radius 1 is 1.62 bits per heavy atom. The first kappa shape index (κ1) is 11.5. The number of aliphatic hydroxyl groups is 1. The van der Waals surface area contributed by atoms with Crippen molar-refractivity contribution in [3.8, 4) is 0 Å². The molecule has 1 aliphatic heterocycles. The van der Waals surface area contributed by atoms with Gasteiger partial charge in [-0.25, -0.2) is 0 Å². The van der Waals surface area contributed by atoms with E-state index in [-0.39, 0.29) is 18.6 Å². The lowest BCUT2D eigenvalue weighted by atomic mass is 9.99. The highest BCUT2D eigenvalue weighted by Crippen LogP contribution is 2.22. The number of hydrogen-bond donors (Lipinski definition) is 1. The van der Waals surface area contributed by atoms with Crippen LogP contribution in [-0.2, 0) is 0 Å². The van der Waals surface area contributed by atoms with Crippen LogP contribution in [0, 0.1) is 0 Å². The minimum atomic E-state index is 0.00755. The predicted octanol–water partition coefficient (Wildman–Crippen LogP) is 0.915. The summed E-state index contributed by atoms with van der Waals surface area (Å²) in [6.45, 7) is 0.913. The number of likely N-dealkylation sites (tertiary alicyclic amines) is 1. The molecule has 0 bridgehead atoms. The molecule has 1 N–H and O–H groups in total. The van der Waals surface area contributed by atoms with Crippen LogP contribution in [0.2, 0.25) is 0 Å². The molecule has 1 saturated heterocycles. The molecule has 2 heterocycles. The second kappa shape index (κ2) is 5.36. The van der Waals surface area contributed by atoms with E-state index in [4.69, 9.17) is 5.11 Å². The number of carbonyl (C=O) groups excluding carboxylic acids is 1. The number of carbonyl (C=O) groups is 1. The third-order valence-corrected chi connectivity index (χ3v) is 3.58. The third kappa shape index (κ3) is 2.38. The molecule has 88 valence electrons. The van der Waals surface area contributed by atoms with E-state index in [9.17, 15) is 4.79 Å². The van der Waals surface area contributed by atoms with Gasteiger partial charge in [-0.05, 0) is 37.2 Å². The number of aromatic nitrogens is 2. The van der Waals surface area contributed by atoms with E-state index in [2.05, 4.69) is 9.59 Å². The minimum Gasteiger partial charge on any atom is -0.396 e. The highest BCUT2D eigenvalue weighted by molar-refractivity contribution is 7.07. The molecular weight excluding hydrogens is 226 g/mol. The first-order valence-electron chi connectivity index (χ1n) is 5.52. The van der Waals surface area contributed by atoms with Crippen molar-refractivity contribution in [1.82, 2.24) is 14.5 Å². The van der Waals surface area contributed by atoms with Gasteiger partial charge in [-0.3, -0.25) is 4.79 Å². The number of nitrogens with zero attached hydrogens (tertiary/aromatic N) is 3. The van der Waals surface area contributed by atoms with Crippen molar-refractivity contribution >= 4 is 17.4 Å². The lowest BCUT2D eigenvalue weighted by molar-refractivity contribution is 0.0579. The largest absolute Gasteiger partial charge is 0.396 e. The van der Waals surface area contributed by atoms with E-state index in [1.165, 1.54) is 6.20 Å². The predicted molar refractivity (Wildman–Crippen MR) is 60.3 cm³/mol. The van der Waals surface area contributed by atoms with Gasteiger partial charge in [0.05, 0.1) is 6.20 Å². The highest BCUT2D eigenvalue weighted by atomic mass is 32.1. The summed E-state index contributed by atoms with van der Waals surface area (Å²) in [4.78, 5) is 14.6. The van der Waals surface area contributed by atoms with E-state index < -0.39 is 0 Å². The normalized spacial score (nSPS) is 21.1. The van der Waals surface area contributed by atoms with Crippen LogP contribution in [-0.4, -0.2) is 44.7 Å². The zero-order chi connectivity index (χ0) is 11.4. The van der Waals surface area contributed by atoms with Gasteiger partial charge >= 0.3 is 0 Å². The van der Waals surface area contributed by atoms with Crippen molar-refractivity contribution in [3.63, 3.8) is 0 Å². The van der Waals surface area contributed by atoms with Gasteiger partial charge in [-0.1, -0.05) is 4.49 Å². The summed E-state index contributed by atoms with van der Waals surface area (Å²) in [5.41, 5.74) is 0. The second-order valence-corrected chi connectivity index (χ2v) is 4.73. The summed E-state index contributed by atoms with van der Waals surface area (Å²) < 4.78 is 3.70. The Balaban J connectivity index is 2.08. The highest BCUT2D eigenvalue weighted by Gasteiger charge is 2.27. The maximum atomic E-state index is 12.1. The van der Waals surface area contributed by atoms with E-state index >= 15 is 0 Å². The maximum Gasteiger partial charge on any atom is 0.267 e. The molecule has 6 heteroatoms. The van der Waals surface area contributed by atoms with Crippen LogP contribution in [0.25, 0.3) is 0 Å². The van der Waals surface area contributed by atoms with Gasteiger partial charge in [0, 0.05) is 19.2 Å². The zero-order valence-electron chi connectivity index (χ0n) is 9.00. The number of piperidine rings is 1. The van der Waals surface area contributed by atoms with Crippen LogP contribution in [0.1, 0.15) is 35.4 Å². The van der Waals surface area contributed by atoms with Crippen LogP contribution in [0.3, 0.4) is 0 Å². The molecule has 0 spiro atoms. The van der Waals surface area contributed by atoms with Gasteiger partial charge in [0.15, 0.2) is 0 Å². The van der Waals surface area contributed by atoms with Gasteiger partial charge in [-0.2, -0.15) is 0 Å².